The highest BCUT2D eigenvalue weighted by atomic mass is 16.5. The molecule has 2 aliphatic heterocycles. The molecule has 5 heteroatoms. The first-order valence-corrected chi connectivity index (χ1v) is 6.45. The maximum absolute atomic E-state index is 12.3. The van der Waals surface area contributed by atoms with Gasteiger partial charge in [0, 0.05) is 6.04 Å². The Labute approximate surface area is 107 Å². The maximum Gasteiger partial charge on any atom is 0.328 e. The number of hydrogen-bond acceptors (Lipinski definition) is 4. The van der Waals surface area contributed by atoms with Gasteiger partial charge in [-0.25, -0.2) is 4.79 Å². The van der Waals surface area contributed by atoms with Crippen molar-refractivity contribution in [3.63, 3.8) is 0 Å². The Morgan fingerprint density at radius 2 is 2.11 bits per heavy atom. The molecule has 2 N–H and O–H groups in total. The summed E-state index contributed by atoms with van der Waals surface area (Å²) >= 11 is 0. The molecule has 1 fully saturated rings. The molecule has 2 rings (SSSR count). The molecule has 1 saturated heterocycles. The van der Waals surface area contributed by atoms with Gasteiger partial charge in [0.2, 0.25) is 5.91 Å². The predicted octanol–water partition coefficient (Wildman–Crippen LogP) is 0.586. The van der Waals surface area contributed by atoms with Gasteiger partial charge >= 0.3 is 5.97 Å². The van der Waals surface area contributed by atoms with E-state index in [1.165, 1.54) is 7.11 Å². The third kappa shape index (κ3) is 2.41. The van der Waals surface area contributed by atoms with Gasteiger partial charge in [0.25, 0.3) is 0 Å². The molecule has 2 aliphatic rings. The van der Waals surface area contributed by atoms with E-state index in [9.17, 15) is 9.59 Å². The fraction of sp³-hybridized carbons (Fsp3) is 0.692. The number of carbonyl (C=O) groups is 2. The number of carbonyl (C=O) groups excluding carboxylic acids is 2. The van der Waals surface area contributed by atoms with Crippen molar-refractivity contribution in [3.05, 3.63) is 12.2 Å². The molecule has 0 unspecified atom stereocenters. The van der Waals surface area contributed by atoms with Crippen molar-refractivity contribution in [1.82, 2.24) is 4.90 Å². The van der Waals surface area contributed by atoms with Crippen LogP contribution in [0, 0.1) is 0 Å². The van der Waals surface area contributed by atoms with E-state index in [1.807, 2.05) is 6.08 Å². The third-order valence-corrected chi connectivity index (χ3v) is 3.75. The number of ether oxygens (including phenoxy) is 1. The van der Waals surface area contributed by atoms with Gasteiger partial charge in [-0.1, -0.05) is 12.2 Å². The van der Waals surface area contributed by atoms with Crippen LogP contribution >= 0.6 is 0 Å². The Balaban J connectivity index is 2.27. The van der Waals surface area contributed by atoms with Crippen molar-refractivity contribution in [1.29, 1.82) is 0 Å². The Kier molecular flexibility index (Phi) is 4.01. The van der Waals surface area contributed by atoms with Crippen LogP contribution in [-0.2, 0) is 14.3 Å². The second-order valence-electron chi connectivity index (χ2n) is 4.92. The minimum absolute atomic E-state index is 0.0814. The van der Waals surface area contributed by atoms with Gasteiger partial charge in [-0.2, -0.15) is 0 Å². The van der Waals surface area contributed by atoms with Gasteiger partial charge in [-0.05, 0) is 32.1 Å². The van der Waals surface area contributed by atoms with Crippen molar-refractivity contribution in [2.75, 3.05) is 7.11 Å². The van der Waals surface area contributed by atoms with Crippen molar-refractivity contribution in [3.8, 4) is 0 Å². The van der Waals surface area contributed by atoms with Crippen LogP contribution in [0.3, 0.4) is 0 Å². The summed E-state index contributed by atoms with van der Waals surface area (Å²) in [4.78, 5) is 25.8. The molecule has 18 heavy (non-hydrogen) atoms. The first-order chi connectivity index (χ1) is 8.65. The van der Waals surface area contributed by atoms with Crippen LogP contribution in [0.25, 0.3) is 0 Å². The van der Waals surface area contributed by atoms with Crippen LogP contribution in [0.5, 0.6) is 0 Å². The summed E-state index contributed by atoms with van der Waals surface area (Å²) in [5.74, 6) is -0.454. The van der Waals surface area contributed by atoms with Crippen LogP contribution < -0.4 is 5.73 Å². The second kappa shape index (κ2) is 5.52. The lowest BCUT2D eigenvalue weighted by Crippen LogP contribution is -2.58. The minimum atomic E-state index is -0.547. The van der Waals surface area contributed by atoms with Crippen molar-refractivity contribution < 1.29 is 14.3 Å². The summed E-state index contributed by atoms with van der Waals surface area (Å²) in [5.41, 5.74) is 5.86. The number of fused-ring (bicyclic) bond motifs is 1. The number of esters is 1. The molecule has 1 amide bonds. The second-order valence-corrected chi connectivity index (χ2v) is 4.92. The standard InChI is InChI=1S/C13H20N2O3/c1-18-13(17)11-8-4-6-9-5-2-3-7-10(14)12(16)15(9)11/h2-3,9-11H,4-8,14H2,1H3/t9-,10-,11-/m0/s1. The quantitative estimate of drug-likeness (QED) is 0.547. The number of methoxy groups -OCH3 is 1. The Hall–Kier alpha value is -1.36. The topological polar surface area (TPSA) is 72.6 Å². The Morgan fingerprint density at radius 3 is 2.83 bits per heavy atom. The third-order valence-electron chi connectivity index (χ3n) is 3.75. The van der Waals surface area contributed by atoms with Gasteiger partial charge in [0.15, 0.2) is 0 Å². The smallest absolute Gasteiger partial charge is 0.328 e. The van der Waals surface area contributed by atoms with Crippen LogP contribution in [0.4, 0.5) is 0 Å². The number of nitrogens with two attached hydrogens (primary N) is 1. The van der Waals surface area contributed by atoms with Gasteiger partial charge in [-0.3, -0.25) is 4.79 Å². The molecule has 2 heterocycles. The number of rotatable bonds is 1. The summed E-state index contributed by atoms with van der Waals surface area (Å²) in [6.07, 6.45) is 7.89. The first kappa shape index (κ1) is 13.1. The molecule has 5 nitrogen and oxygen atoms in total. The van der Waals surface area contributed by atoms with Gasteiger partial charge < -0.3 is 15.4 Å². The van der Waals surface area contributed by atoms with Gasteiger partial charge in [-0.15, -0.1) is 0 Å². The molecule has 0 aromatic carbocycles. The molecule has 0 bridgehead atoms. The van der Waals surface area contributed by atoms with E-state index in [2.05, 4.69) is 6.08 Å². The predicted molar refractivity (Wildman–Crippen MR) is 66.6 cm³/mol. The maximum atomic E-state index is 12.3. The highest BCUT2D eigenvalue weighted by Gasteiger charge is 2.40. The highest BCUT2D eigenvalue weighted by molar-refractivity contribution is 5.88. The zero-order valence-electron chi connectivity index (χ0n) is 10.7. The van der Waals surface area contributed by atoms with Crippen LogP contribution in [0.2, 0.25) is 0 Å². The fourth-order valence-electron chi connectivity index (χ4n) is 2.80. The zero-order valence-corrected chi connectivity index (χ0v) is 10.7. The molecule has 0 aromatic heterocycles. The molecular weight excluding hydrogens is 232 g/mol. The van der Waals surface area contributed by atoms with E-state index in [4.69, 9.17) is 10.5 Å². The number of hydrogen-bond donors (Lipinski definition) is 1. The van der Waals surface area contributed by atoms with Crippen molar-refractivity contribution in [2.45, 2.75) is 50.2 Å². The van der Waals surface area contributed by atoms with Crippen LogP contribution in [0.1, 0.15) is 32.1 Å². The summed E-state index contributed by atoms with van der Waals surface area (Å²) < 4.78 is 4.80. The summed E-state index contributed by atoms with van der Waals surface area (Å²) in [6, 6.07) is -0.925. The SMILES string of the molecule is COC(=O)[C@@H]1CCC[C@@H]2CC=CC[C@H](N)C(=O)N21. The lowest BCUT2D eigenvalue weighted by molar-refractivity contribution is -0.158. The van der Waals surface area contributed by atoms with E-state index in [1.54, 1.807) is 4.90 Å². The molecule has 0 aliphatic carbocycles. The van der Waals surface area contributed by atoms with Crippen molar-refractivity contribution in [2.24, 2.45) is 5.73 Å². The average Bonchev–Trinajstić information content (AvgIpc) is 2.39. The van der Waals surface area contributed by atoms with Gasteiger partial charge in [0.1, 0.15) is 6.04 Å². The highest BCUT2D eigenvalue weighted by Crippen LogP contribution is 2.28. The van der Waals surface area contributed by atoms with E-state index < -0.39 is 12.1 Å². The molecular formula is C13H20N2O3. The largest absolute Gasteiger partial charge is 0.467 e. The summed E-state index contributed by atoms with van der Waals surface area (Å²) in [5, 5.41) is 0. The Morgan fingerprint density at radius 1 is 1.39 bits per heavy atom. The van der Waals surface area contributed by atoms with E-state index in [0.29, 0.717) is 12.8 Å². The van der Waals surface area contributed by atoms with E-state index in [0.717, 1.165) is 19.3 Å². The molecule has 3 atom stereocenters. The fourth-order valence-corrected chi connectivity index (χ4v) is 2.80. The number of nitrogens with zero attached hydrogens (tertiary/aromatic N) is 1. The van der Waals surface area contributed by atoms with Crippen LogP contribution in [-0.4, -0.2) is 42.0 Å². The lowest BCUT2D eigenvalue weighted by atomic mass is 9.91. The van der Waals surface area contributed by atoms with Crippen molar-refractivity contribution >= 4 is 11.9 Å². The zero-order chi connectivity index (χ0) is 13.1. The Bertz CT molecular complexity index is 367. The lowest BCUT2D eigenvalue weighted by Gasteiger charge is -2.42. The van der Waals surface area contributed by atoms with E-state index in [-0.39, 0.29) is 17.9 Å². The molecule has 100 valence electrons. The van der Waals surface area contributed by atoms with Gasteiger partial charge in [0.05, 0.1) is 13.2 Å². The summed E-state index contributed by atoms with van der Waals surface area (Å²) in [7, 11) is 1.36. The minimum Gasteiger partial charge on any atom is -0.467 e. The molecule has 0 saturated carbocycles. The molecule has 0 radical (unpaired) electrons. The molecule has 0 aromatic rings. The number of piperidine rings is 1. The van der Waals surface area contributed by atoms with E-state index >= 15 is 0 Å². The monoisotopic (exact) mass is 252 g/mol. The molecule has 0 spiro atoms. The average molecular weight is 252 g/mol. The number of amides is 1. The van der Waals surface area contributed by atoms with Crippen LogP contribution in [0.15, 0.2) is 12.2 Å². The first-order valence-electron chi connectivity index (χ1n) is 6.45. The normalized spacial score (nSPS) is 32.4. The summed E-state index contributed by atoms with van der Waals surface area (Å²) in [6.45, 7) is 0.